The second-order valence-electron chi connectivity index (χ2n) is 3.55. The highest BCUT2D eigenvalue weighted by atomic mass is 32.1. The van der Waals surface area contributed by atoms with Crippen LogP contribution in [0.5, 0.6) is 11.5 Å². The minimum absolute atomic E-state index is 0.218. The lowest BCUT2D eigenvalue weighted by Crippen LogP contribution is -1.98. The lowest BCUT2D eigenvalue weighted by Gasteiger charge is -2.08. The van der Waals surface area contributed by atoms with Gasteiger partial charge < -0.3 is 9.84 Å². The van der Waals surface area contributed by atoms with Crippen LogP contribution in [0.4, 0.5) is 0 Å². The Labute approximate surface area is 108 Å². The average molecular weight is 258 g/mol. The molecule has 0 saturated carbocycles. The van der Waals surface area contributed by atoms with Crippen LogP contribution in [0.2, 0.25) is 0 Å². The normalized spacial score (nSPS) is 10.4. The summed E-state index contributed by atoms with van der Waals surface area (Å²) in [4.78, 5) is 0. The highest BCUT2D eigenvalue weighted by molar-refractivity contribution is 7.80. The van der Waals surface area contributed by atoms with Gasteiger partial charge in [-0.2, -0.15) is 25.3 Å². The average Bonchev–Trinajstić information content (AvgIpc) is 2.29. The number of rotatable bonds is 7. The van der Waals surface area contributed by atoms with Crippen LogP contribution >= 0.6 is 25.3 Å². The number of aryl methyl sites for hydroxylation is 1. The first kappa shape index (κ1) is 13.6. The van der Waals surface area contributed by atoms with E-state index in [0.717, 1.165) is 36.3 Å². The smallest absolute Gasteiger partial charge is 0.160 e. The van der Waals surface area contributed by atoms with Crippen molar-refractivity contribution in [3.05, 3.63) is 23.8 Å². The van der Waals surface area contributed by atoms with E-state index in [0.29, 0.717) is 12.4 Å². The largest absolute Gasteiger partial charge is 0.504 e. The first-order valence-corrected chi connectivity index (χ1v) is 6.71. The summed E-state index contributed by atoms with van der Waals surface area (Å²) >= 11 is 8.26. The van der Waals surface area contributed by atoms with Gasteiger partial charge in [0.25, 0.3) is 0 Å². The van der Waals surface area contributed by atoms with E-state index in [1.54, 1.807) is 6.07 Å². The summed E-state index contributed by atoms with van der Waals surface area (Å²) in [7, 11) is 0. The van der Waals surface area contributed by atoms with E-state index in [9.17, 15) is 5.11 Å². The number of benzene rings is 1. The molecule has 0 saturated heterocycles. The van der Waals surface area contributed by atoms with Crippen molar-refractivity contribution in [2.45, 2.75) is 19.3 Å². The monoisotopic (exact) mass is 258 g/mol. The van der Waals surface area contributed by atoms with Crippen LogP contribution in [0.25, 0.3) is 0 Å². The maximum absolute atomic E-state index is 9.73. The van der Waals surface area contributed by atoms with Crippen molar-refractivity contribution in [2.75, 3.05) is 18.1 Å². The van der Waals surface area contributed by atoms with E-state index < -0.39 is 0 Å². The molecule has 0 atom stereocenters. The topological polar surface area (TPSA) is 29.5 Å². The molecule has 90 valence electrons. The number of aromatic hydroxyl groups is 1. The van der Waals surface area contributed by atoms with E-state index >= 15 is 0 Å². The summed E-state index contributed by atoms with van der Waals surface area (Å²) in [6, 6.07) is 5.57. The van der Waals surface area contributed by atoms with Crippen molar-refractivity contribution >= 4 is 25.3 Å². The molecule has 0 aromatic heterocycles. The molecule has 1 aromatic rings. The molecule has 4 heteroatoms. The van der Waals surface area contributed by atoms with Gasteiger partial charge in [0, 0.05) is 0 Å². The van der Waals surface area contributed by atoms with E-state index in [1.165, 1.54) is 0 Å². The molecule has 1 aromatic carbocycles. The molecular formula is C12H18O2S2. The molecule has 0 radical (unpaired) electrons. The van der Waals surface area contributed by atoms with Gasteiger partial charge in [-0.3, -0.25) is 0 Å². The summed E-state index contributed by atoms with van der Waals surface area (Å²) in [5.74, 6) is 2.43. The third-order valence-corrected chi connectivity index (χ3v) is 2.84. The SMILES string of the molecule is Oc1cc(CCCS)ccc1OCCCS. The minimum Gasteiger partial charge on any atom is -0.504 e. The van der Waals surface area contributed by atoms with E-state index in [-0.39, 0.29) is 5.75 Å². The zero-order valence-electron chi connectivity index (χ0n) is 9.22. The Kier molecular flexibility index (Phi) is 6.57. The first-order valence-electron chi connectivity index (χ1n) is 5.44. The van der Waals surface area contributed by atoms with Crippen LogP contribution < -0.4 is 4.74 Å². The summed E-state index contributed by atoms with van der Waals surface area (Å²) in [6.07, 6.45) is 2.83. The van der Waals surface area contributed by atoms with Crippen LogP contribution in [0.3, 0.4) is 0 Å². The lowest BCUT2D eigenvalue weighted by molar-refractivity contribution is 0.300. The van der Waals surface area contributed by atoms with Gasteiger partial charge in [-0.05, 0) is 48.5 Å². The molecule has 0 heterocycles. The Balaban J connectivity index is 2.53. The molecule has 2 nitrogen and oxygen atoms in total. The van der Waals surface area contributed by atoms with Crippen LogP contribution in [0.1, 0.15) is 18.4 Å². The minimum atomic E-state index is 0.218. The summed E-state index contributed by atoms with van der Waals surface area (Å²) in [5, 5.41) is 9.73. The van der Waals surface area contributed by atoms with Crippen LogP contribution in [-0.2, 0) is 6.42 Å². The van der Waals surface area contributed by atoms with Gasteiger partial charge in [-0.1, -0.05) is 6.07 Å². The Morgan fingerprint density at radius 3 is 2.50 bits per heavy atom. The molecule has 0 fully saturated rings. The lowest BCUT2D eigenvalue weighted by atomic mass is 10.1. The number of phenols is 1. The number of phenolic OH excluding ortho intramolecular Hbond substituents is 1. The van der Waals surface area contributed by atoms with Gasteiger partial charge in [0.15, 0.2) is 11.5 Å². The third kappa shape index (κ3) is 4.58. The van der Waals surface area contributed by atoms with Gasteiger partial charge >= 0.3 is 0 Å². The molecule has 0 bridgehead atoms. The third-order valence-electron chi connectivity index (χ3n) is 2.21. The van der Waals surface area contributed by atoms with Gasteiger partial charge in [0.2, 0.25) is 0 Å². The van der Waals surface area contributed by atoms with Gasteiger partial charge in [0.05, 0.1) is 6.61 Å². The molecule has 0 aliphatic heterocycles. The van der Waals surface area contributed by atoms with Gasteiger partial charge in [-0.15, -0.1) is 0 Å². The number of hydrogen-bond acceptors (Lipinski definition) is 4. The first-order chi connectivity index (χ1) is 7.77. The van der Waals surface area contributed by atoms with E-state index in [1.807, 2.05) is 12.1 Å². The maximum atomic E-state index is 9.73. The van der Waals surface area contributed by atoms with E-state index in [2.05, 4.69) is 25.3 Å². The molecule has 16 heavy (non-hydrogen) atoms. The number of ether oxygens (including phenoxy) is 1. The molecule has 1 rings (SSSR count). The predicted molar refractivity (Wildman–Crippen MR) is 74.2 cm³/mol. The summed E-state index contributed by atoms with van der Waals surface area (Å²) < 4.78 is 5.42. The molecule has 0 spiro atoms. The van der Waals surface area contributed by atoms with Crippen LogP contribution in [0.15, 0.2) is 18.2 Å². The highest BCUT2D eigenvalue weighted by Gasteiger charge is 2.03. The quantitative estimate of drug-likeness (QED) is 0.518. The fourth-order valence-electron chi connectivity index (χ4n) is 1.37. The van der Waals surface area contributed by atoms with Gasteiger partial charge in [-0.25, -0.2) is 0 Å². The number of hydrogen-bond donors (Lipinski definition) is 3. The van der Waals surface area contributed by atoms with Crippen molar-refractivity contribution in [3.63, 3.8) is 0 Å². The van der Waals surface area contributed by atoms with Crippen LogP contribution in [0, 0.1) is 0 Å². The highest BCUT2D eigenvalue weighted by Crippen LogP contribution is 2.27. The Bertz CT molecular complexity index is 316. The van der Waals surface area contributed by atoms with Crippen molar-refractivity contribution in [1.29, 1.82) is 0 Å². The maximum Gasteiger partial charge on any atom is 0.160 e. The summed E-state index contributed by atoms with van der Waals surface area (Å²) in [6.45, 7) is 0.590. The molecular weight excluding hydrogens is 240 g/mol. The van der Waals surface area contributed by atoms with Crippen LogP contribution in [-0.4, -0.2) is 23.2 Å². The Morgan fingerprint density at radius 2 is 1.88 bits per heavy atom. The van der Waals surface area contributed by atoms with Crippen molar-refractivity contribution < 1.29 is 9.84 Å². The van der Waals surface area contributed by atoms with Crippen molar-refractivity contribution in [3.8, 4) is 11.5 Å². The number of thiol groups is 2. The van der Waals surface area contributed by atoms with Crippen molar-refractivity contribution in [2.24, 2.45) is 0 Å². The zero-order valence-corrected chi connectivity index (χ0v) is 11.0. The Morgan fingerprint density at radius 1 is 1.12 bits per heavy atom. The fourth-order valence-corrected chi connectivity index (χ4v) is 1.66. The zero-order chi connectivity index (χ0) is 11.8. The predicted octanol–water partition coefficient (Wildman–Crippen LogP) is 2.95. The van der Waals surface area contributed by atoms with Gasteiger partial charge in [0.1, 0.15) is 0 Å². The second-order valence-corrected chi connectivity index (χ2v) is 4.45. The van der Waals surface area contributed by atoms with E-state index in [4.69, 9.17) is 4.74 Å². The molecule has 0 amide bonds. The molecule has 1 N–H and O–H groups in total. The standard InChI is InChI=1S/C12H18O2S2/c13-11-9-10(3-1-7-15)4-5-12(11)14-6-2-8-16/h4-5,9,13,15-16H,1-3,6-8H2. The Hall–Kier alpha value is -0.480. The molecule has 0 unspecified atom stereocenters. The molecule has 0 aliphatic carbocycles. The fraction of sp³-hybridized carbons (Fsp3) is 0.500. The van der Waals surface area contributed by atoms with Crippen molar-refractivity contribution in [1.82, 2.24) is 0 Å². The summed E-state index contributed by atoms with van der Waals surface area (Å²) in [5.41, 5.74) is 1.12. The second kappa shape index (κ2) is 7.74. The molecule has 0 aliphatic rings.